The van der Waals surface area contributed by atoms with Crippen LogP contribution in [0.25, 0.3) is 0 Å². The Morgan fingerprint density at radius 1 is 1.17 bits per heavy atom. The smallest absolute Gasteiger partial charge is 0.0811 e. The maximum absolute atomic E-state index is 10.1. The summed E-state index contributed by atoms with van der Waals surface area (Å²) in [6.45, 7) is 13.6. The Kier molecular flexibility index (Phi) is 7.27. The second kappa shape index (κ2) is 9.35. The van der Waals surface area contributed by atoms with E-state index in [0.29, 0.717) is 30.1 Å². The molecule has 0 aromatic rings. The van der Waals surface area contributed by atoms with Crippen LogP contribution in [0.15, 0.2) is 47.6 Å². The largest absolute Gasteiger partial charge is 0.393 e. The predicted molar refractivity (Wildman–Crippen MR) is 122 cm³/mol. The van der Waals surface area contributed by atoms with E-state index in [9.17, 15) is 10.2 Å². The molecule has 162 valence electrons. The highest BCUT2D eigenvalue weighted by Crippen LogP contribution is 2.59. The number of rotatable bonds is 5. The molecule has 3 fully saturated rings. The van der Waals surface area contributed by atoms with Crippen molar-refractivity contribution in [1.82, 2.24) is 0 Å². The normalized spacial score (nSPS) is 39.6. The topological polar surface area (TPSA) is 40.5 Å². The van der Waals surface area contributed by atoms with Gasteiger partial charge in [0.05, 0.1) is 12.2 Å². The van der Waals surface area contributed by atoms with Crippen LogP contribution in [0.3, 0.4) is 0 Å². The van der Waals surface area contributed by atoms with Crippen molar-refractivity contribution in [3.05, 3.63) is 47.6 Å². The maximum Gasteiger partial charge on any atom is 0.0811 e. The molecule has 0 heterocycles. The zero-order valence-corrected chi connectivity index (χ0v) is 19.0. The third-order valence-corrected chi connectivity index (χ3v) is 7.98. The molecule has 3 saturated carbocycles. The molecule has 0 radical (unpaired) electrons. The van der Waals surface area contributed by atoms with Crippen molar-refractivity contribution >= 4 is 0 Å². The van der Waals surface area contributed by atoms with Gasteiger partial charge in [0.15, 0.2) is 0 Å². The number of allylic oxidation sites excluding steroid dienone is 5. The Balaban J connectivity index is 1.75. The van der Waals surface area contributed by atoms with Gasteiger partial charge in [0, 0.05) is 6.42 Å². The molecule has 2 N–H and O–H groups in total. The minimum absolute atomic E-state index is 0.396. The van der Waals surface area contributed by atoms with E-state index in [0.717, 1.165) is 23.0 Å². The highest BCUT2D eigenvalue weighted by atomic mass is 16.3. The maximum atomic E-state index is 10.1. The monoisotopic (exact) mass is 398 g/mol. The van der Waals surface area contributed by atoms with Gasteiger partial charge >= 0.3 is 0 Å². The molecule has 29 heavy (non-hydrogen) atoms. The Morgan fingerprint density at radius 2 is 1.93 bits per heavy atom. The lowest BCUT2D eigenvalue weighted by Crippen LogP contribution is -2.35. The van der Waals surface area contributed by atoms with Gasteiger partial charge in [0.2, 0.25) is 0 Å². The predicted octanol–water partition coefficient (Wildman–Crippen LogP) is 6.37. The van der Waals surface area contributed by atoms with Crippen LogP contribution in [0, 0.1) is 29.1 Å². The zero-order valence-electron chi connectivity index (χ0n) is 19.0. The van der Waals surface area contributed by atoms with Crippen LogP contribution in [-0.4, -0.2) is 22.4 Å². The molecular weight excluding hydrogens is 356 g/mol. The van der Waals surface area contributed by atoms with E-state index in [4.69, 9.17) is 0 Å². The highest BCUT2D eigenvalue weighted by molar-refractivity contribution is 5.38. The van der Waals surface area contributed by atoms with E-state index in [-0.39, 0.29) is 0 Å². The zero-order chi connectivity index (χ0) is 21.2. The quantitative estimate of drug-likeness (QED) is 0.529. The van der Waals surface area contributed by atoms with E-state index in [2.05, 4.69) is 58.6 Å². The lowest BCUT2D eigenvalue weighted by Gasteiger charge is -2.44. The van der Waals surface area contributed by atoms with Crippen LogP contribution in [0.2, 0.25) is 0 Å². The van der Waals surface area contributed by atoms with Crippen molar-refractivity contribution in [3.63, 3.8) is 0 Å². The summed E-state index contributed by atoms with van der Waals surface area (Å²) in [5.41, 5.74) is 3.79. The van der Waals surface area contributed by atoms with Gasteiger partial charge in [-0.1, -0.05) is 64.2 Å². The molecule has 3 aliphatic rings. The first-order valence-corrected chi connectivity index (χ1v) is 11.8. The van der Waals surface area contributed by atoms with Gasteiger partial charge in [-0.05, 0) is 85.2 Å². The van der Waals surface area contributed by atoms with E-state index in [1.165, 1.54) is 38.5 Å². The fraction of sp³-hybridized carbons (Fsp3) is 0.704. The van der Waals surface area contributed by atoms with Gasteiger partial charge in [0.25, 0.3) is 0 Å². The van der Waals surface area contributed by atoms with Crippen molar-refractivity contribution in [3.8, 4) is 0 Å². The van der Waals surface area contributed by atoms with Crippen molar-refractivity contribution in [2.24, 2.45) is 29.1 Å². The summed E-state index contributed by atoms with van der Waals surface area (Å²) in [5.74, 6) is 2.81. The molecule has 0 saturated heterocycles. The Morgan fingerprint density at radius 3 is 2.66 bits per heavy atom. The van der Waals surface area contributed by atoms with E-state index >= 15 is 0 Å². The lowest BCUT2D eigenvalue weighted by molar-refractivity contribution is 0.0862. The molecule has 0 bridgehead atoms. The second-order valence-electron chi connectivity index (χ2n) is 10.6. The summed E-state index contributed by atoms with van der Waals surface area (Å²) in [7, 11) is 0. The van der Waals surface area contributed by atoms with Gasteiger partial charge in [-0.3, -0.25) is 0 Å². The van der Waals surface area contributed by atoms with E-state index < -0.39 is 12.2 Å². The fourth-order valence-electron chi connectivity index (χ4n) is 6.31. The minimum Gasteiger partial charge on any atom is -0.393 e. The van der Waals surface area contributed by atoms with E-state index in [1.54, 1.807) is 5.57 Å². The van der Waals surface area contributed by atoms with Crippen LogP contribution < -0.4 is 0 Å². The molecule has 0 spiro atoms. The lowest BCUT2D eigenvalue weighted by atomic mass is 9.61. The molecule has 2 nitrogen and oxygen atoms in total. The first kappa shape index (κ1) is 22.6. The summed E-state index contributed by atoms with van der Waals surface area (Å²) < 4.78 is 0. The SMILES string of the molecule is C=C1/C(=C\C=C2/CCC[C@]3(C)[C@@H]([C@H](C)/C=C/CC(C)C)CC[C@@H]23)C[C@@H](O)C[C@@H]1O. The average Bonchev–Trinajstić information content (AvgIpc) is 3.00. The third-order valence-electron chi connectivity index (χ3n) is 7.98. The average molecular weight is 399 g/mol. The van der Waals surface area contributed by atoms with Crippen LogP contribution in [0.5, 0.6) is 0 Å². The standard InChI is InChI=1S/C27H42O2/c1-18(2)8-6-9-19(3)24-13-14-25-21(10-7-15-27(24,25)5)11-12-22-16-23(28)17-26(29)20(22)4/h6,9,11-12,18-19,23-26,28-29H,4,7-8,10,13-17H2,1-3,5H3/b9-6+,21-11+,22-12-/t19-,23-,24-,25+,26+,27-/m1/s1. The van der Waals surface area contributed by atoms with Crippen molar-refractivity contribution < 1.29 is 10.2 Å². The molecule has 0 aliphatic heterocycles. The molecule has 0 unspecified atom stereocenters. The third kappa shape index (κ3) is 4.97. The van der Waals surface area contributed by atoms with E-state index in [1.807, 2.05) is 0 Å². The van der Waals surface area contributed by atoms with Crippen LogP contribution in [0.1, 0.15) is 79.1 Å². The summed E-state index contributed by atoms with van der Waals surface area (Å²) in [6, 6.07) is 0. The Labute approximate surface area is 178 Å². The molecule has 2 heteroatoms. The number of aliphatic hydroxyl groups is 2. The Bertz CT molecular complexity index is 683. The Hall–Kier alpha value is -1.12. The molecule has 0 amide bonds. The molecular formula is C27H42O2. The van der Waals surface area contributed by atoms with Crippen LogP contribution in [-0.2, 0) is 0 Å². The van der Waals surface area contributed by atoms with Gasteiger partial charge < -0.3 is 10.2 Å². The summed E-state index contributed by atoms with van der Waals surface area (Å²) in [6.07, 6.45) is 16.9. The van der Waals surface area contributed by atoms with Gasteiger partial charge in [-0.2, -0.15) is 0 Å². The highest BCUT2D eigenvalue weighted by Gasteiger charge is 2.50. The first-order valence-electron chi connectivity index (χ1n) is 11.8. The summed E-state index contributed by atoms with van der Waals surface area (Å²) >= 11 is 0. The summed E-state index contributed by atoms with van der Waals surface area (Å²) in [5, 5.41) is 20.1. The second-order valence-corrected chi connectivity index (χ2v) is 10.6. The van der Waals surface area contributed by atoms with Crippen molar-refractivity contribution in [1.29, 1.82) is 0 Å². The number of hydrogen-bond donors (Lipinski definition) is 2. The molecule has 0 aromatic carbocycles. The minimum atomic E-state index is -0.602. The van der Waals surface area contributed by atoms with Crippen LogP contribution in [0.4, 0.5) is 0 Å². The number of aliphatic hydroxyl groups excluding tert-OH is 2. The summed E-state index contributed by atoms with van der Waals surface area (Å²) in [4.78, 5) is 0. The molecule has 0 aromatic heterocycles. The molecule has 3 rings (SSSR count). The van der Waals surface area contributed by atoms with Gasteiger partial charge in [-0.25, -0.2) is 0 Å². The van der Waals surface area contributed by atoms with Crippen molar-refractivity contribution in [2.45, 2.75) is 91.3 Å². The first-order chi connectivity index (χ1) is 13.7. The van der Waals surface area contributed by atoms with Crippen molar-refractivity contribution in [2.75, 3.05) is 0 Å². The molecule has 6 atom stereocenters. The number of hydrogen-bond acceptors (Lipinski definition) is 2. The molecule has 3 aliphatic carbocycles. The van der Waals surface area contributed by atoms with Gasteiger partial charge in [-0.15, -0.1) is 0 Å². The fourth-order valence-corrected chi connectivity index (χ4v) is 6.31. The number of fused-ring (bicyclic) bond motifs is 1. The van der Waals surface area contributed by atoms with Gasteiger partial charge in [0.1, 0.15) is 0 Å². The van der Waals surface area contributed by atoms with Crippen LogP contribution >= 0.6 is 0 Å².